The molecule has 1 amide bonds. The van der Waals surface area contributed by atoms with Gasteiger partial charge in [0.1, 0.15) is 5.82 Å². The highest BCUT2D eigenvalue weighted by Gasteiger charge is 2.14. The molecule has 1 N–H and O–H groups in total. The van der Waals surface area contributed by atoms with E-state index in [4.69, 9.17) is 0 Å². The fourth-order valence-corrected chi connectivity index (χ4v) is 5.02. The molecule has 27 heavy (non-hydrogen) atoms. The molecule has 138 valence electrons. The first-order valence-corrected chi connectivity index (χ1v) is 10.8. The van der Waals surface area contributed by atoms with Crippen molar-refractivity contribution in [2.75, 3.05) is 11.1 Å². The Balaban J connectivity index is 1.49. The molecule has 3 aromatic heterocycles. The second kappa shape index (κ2) is 7.75. The topological polar surface area (TPSA) is 72.2 Å². The minimum Gasteiger partial charge on any atom is -0.300 e. The second-order valence-corrected chi connectivity index (χ2v) is 8.87. The molecule has 0 fully saturated rings. The Hall–Kier alpha value is -2.30. The predicted octanol–water partition coefficient (Wildman–Crippen LogP) is 4.35. The maximum atomic E-state index is 13.1. The minimum atomic E-state index is -0.283. The maximum Gasteiger partial charge on any atom is 0.232 e. The highest BCUT2D eigenvalue weighted by Crippen LogP contribution is 2.26. The van der Waals surface area contributed by atoms with Crippen molar-refractivity contribution in [3.8, 4) is 11.3 Å². The Morgan fingerprint density at radius 3 is 2.89 bits per heavy atom. The summed E-state index contributed by atoms with van der Waals surface area (Å²) in [5, 5.41) is 13.2. The van der Waals surface area contributed by atoms with E-state index in [9.17, 15) is 9.18 Å². The lowest BCUT2D eigenvalue weighted by Crippen LogP contribution is -2.15. The van der Waals surface area contributed by atoms with Crippen LogP contribution in [0.1, 0.15) is 12.6 Å². The normalized spacial score (nSPS) is 11.2. The van der Waals surface area contributed by atoms with Gasteiger partial charge in [0.25, 0.3) is 0 Å². The summed E-state index contributed by atoms with van der Waals surface area (Å²) in [5.74, 6) is 0.470. The van der Waals surface area contributed by atoms with Gasteiger partial charge in [0.2, 0.25) is 11.0 Å². The zero-order chi connectivity index (χ0) is 18.8. The molecule has 0 saturated carbocycles. The van der Waals surface area contributed by atoms with E-state index in [1.807, 2.05) is 22.9 Å². The van der Waals surface area contributed by atoms with Crippen molar-refractivity contribution in [1.82, 2.24) is 19.6 Å². The summed E-state index contributed by atoms with van der Waals surface area (Å²) in [6, 6.07) is 6.19. The molecule has 0 aliphatic heterocycles. The van der Waals surface area contributed by atoms with Crippen molar-refractivity contribution in [2.45, 2.75) is 17.7 Å². The predicted molar refractivity (Wildman–Crippen MR) is 107 cm³/mol. The molecular formula is C17H14FN5OS3. The van der Waals surface area contributed by atoms with Crippen molar-refractivity contribution < 1.29 is 9.18 Å². The summed E-state index contributed by atoms with van der Waals surface area (Å²) >= 11 is 4.42. The van der Waals surface area contributed by atoms with Gasteiger partial charge in [-0.3, -0.25) is 9.20 Å². The molecule has 4 rings (SSSR count). The second-order valence-electron chi connectivity index (χ2n) is 5.54. The van der Waals surface area contributed by atoms with Crippen LogP contribution in [-0.2, 0) is 11.2 Å². The molecule has 0 aliphatic rings. The van der Waals surface area contributed by atoms with Crippen LogP contribution in [0.5, 0.6) is 0 Å². The van der Waals surface area contributed by atoms with Gasteiger partial charge in [-0.05, 0) is 30.0 Å². The van der Waals surface area contributed by atoms with Crippen LogP contribution in [0.2, 0.25) is 0 Å². The van der Waals surface area contributed by atoms with Crippen LogP contribution < -0.4 is 5.32 Å². The van der Waals surface area contributed by atoms with Crippen molar-refractivity contribution in [1.29, 1.82) is 0 Å². The Morgan fingerprint density at radius 1 is 1.30 bits per heavy atom. The first-order valence-electron chi connectivity index (χ1n) is 8.10. The van der Waals surface area contributed by atoms with Gasteiger partial charge in [0.05, 0.1) is 12.1 Å². The molecule has 6 nitrogen and oxygen atoms in total. The molecule has 0 saturated heterocycles. The van der Waals surface area contributed by atoms with Gasteiger partial charge in [-0.2, -0.15) is 0 Å². The third kappa shape index (κ3) is 4.02. The highest BCUT2D eigenvalue weighted by molar-refractivity contribution is 8.01. The van der Waals surface area contributed by atoms with E-state index in [1.165, 1.54) is 34.8 Å². The summed E-state index contributed by atoms with van der Waals surface area (Å²) in [7, 11) is 0. The minimum absolute atomic E-state index is 0.157. The molecule has 1 aromatic carbocycles. The average Bonchev–Trinajstić information content (AvgIpc) is 3.34. The van der Waals surface area contributed by atoms with E-state index in [0.29, 0.717) is 5.13 Å². The van der Waals surface area contributed by atoms with Crippen molar-refractivity contribution >= 4 is 50.4 Å². The number of hydrogen-bond donors (Lipinski definition) is 1. The third-order valence-electron chi connectivity index (χ3n) is 3.69. The van der Waals surface area contributed by atoms with Crippen molar-refractivity contribution in [2.24, 2.45) is 0 Å². The largest absolute Gasteiger partial charge is 0.300 e. The molecule has 0 bridgehead atoms. The quantitative estimate of drug-likeness (QED) is 0.372. The SMILES string of the molecule is CCSc1nnc(NC(=O)Cc2csc3nc(-c4ccc(F)cc4)cn23)s1. The van der Waals surface area contributed by atoms with Crippen LogP contribution in [0.4, 0.5) is 9.52 Å². The summed E-state index contributed by atoms with van der Waals surface area (Å²) < 4.78 is 15.8. The van der Waals surface area contributed by atoms with Crippen LogP contribution >= 0.6 is 34.4 Å². The van der Waals surface area contributed by atoms with Crippen molar-refractivity contribution in [3.05, 3.63) is 47.4 Å². The van der Waals surface area contributed by atoms with Gasteiger partial charge in [-0.1, -0.05) is 30.0 Å². The number of imidazole rings is 1. The highest BCUT2D eigenvalue weighted by atomic mass is 32.2. The van der Waals surface area contributed by atoms with E-state index in [2.05, 4.69) is 20.5 Å². The van der Waals surface area contributed by atoms with Crippen LogP contribution in [0.25, 0.3) is 16.2 Å². The van der Waals surface area contributed by atoms with E-state index >= 15 is 0 Å². The molecule has 3 heterocycles. The van der Waals surface area contributed by atoms with Gasteiger partial charge in [-0.25, -0.2) is 9.37 Å². The van der Waals surface area contributed by atoms with E-state index in [0.717, 1.165) is 32.0 Å². The number of nitrogens with zero attached hydrogens (tertiary/aromatic N) is 4. The Bertz CT molecular complexity index is 1090. The number of rotatable bonds is 6. The number of aromatic nitrogens is 4. The van der Waals surface area contributed by atoms with Gasteiger partial charge in [0, 0.05) is 22.8 Å². The van der Waals surface area contributed by atoms with Gasteiger partial charge in [0.15, 0.2) is 9.30 Å². The Morgan fingerprint density at radius 2 is 2.11 bits per heavy atom. The number of thioether (sulfide) groups is 1. The zero-order valence-corrected chi connectivity index (χ0v) is 16.6. The van der Waals surface area contributed by atoms with Gasteiger partial charge >= 0.3 is 0 Å². The lowest BCUT2D eigenvalue weighted by atomic mass is 10.2. The number of nitrogens with one attached hydrogen (secondary N) is 1. The number of hydrogen-bond acceptors (Lipinski definition) is 7. The molecule has 0 atom stereocenters. The molecular weight excluding hydrogens is 405 g/mol. The first-order chi connectivity index (χ1) is 13.1. The van der Waals surface area contributed by atoms with Gasteiger partial charge in [-0.15, -0.1) is 21.5 Å². The number of fused-ring (bicyclic) bond motifs is 1. The van der Waals surface area contributed by atoms with Crippen LogP contribution in [0.3, 0.4) is 0 Å². The Labute approximate surface area is 166 Å². The summed E-state index contributed by atoms with van der Waals surface area (Å²) in [6.07, 6.45) is 2.07. The summed E-state index contributed by atoms with van der Waals surface area (Å²) in [5.41, 5.74) is 2.41. The number of halogens is 1. The van der Waals surface area contributed by atoms with Crippen LogP contribution in [-0.4, -0.2) is 31.2 Å². The standard InChI is InChI=1S/C17H14FN5OS3/c1-2-25-17-22-21-15(27-17)20-14(24)7-12-9-26-16-19-13(8-23(12)16)10-3-5-11(18)6-4-10/h3-6,8-9H,2,7H2,1H3,(H,20,21,24). The molecule has 0 spiro atoms. The molecule has 0 radical (unpaired) electrons. The molecule has 10 heteroatoms. The number of thiazole rings is 1. The fraction of sp³-hybridized carbons (Fsp3) is 0.176. The van der Waals surface area contributed by atoms with E-state index in [-0.39, 0.29) is 18.1 Å². The van der Waals surface area contributed by atoms with Crippen LogP contribution in [0, 0.1) is 5.82 Å². The lowest BCUT2D eigenvalue weighted by Gasteiger charge is -2.00. The van der Waals surface area contributed by atoms with Gasteiger partial charge < -0.3 is 5.32 Å². The average molecular weight is 420 g/mol. The summed E-state index contributed by atoms with van der Waals surface area (Å²) in [6.45, 7) is 2.04. The lowest BCUT2D eigenvalue weighted by molar-refractivity contribution is -0.115. The van der Waals surface area contributed by atoms with E-state index < -0.39 is 0 Å². The third-order valence-corrected chi connectivity index (χ3v) is 6.43. The number of benzene rings is 1. The summed E-state index contributed by atoms with van der Waals surface area (Å²) in [4.78, 5) is 17.7. The van der Waals surface area contributed by atoms with Crippen molar-refractivity contribution in [3.63, 3.8) is 0 Å². The van der Waals surface area contributed by atoms with E-state index in [1.54, 1.807) is 23.9 Å². The number of amides is 1. The maximum absolute atomic E-state index is 13.1. The molecule has 0 aliphatic carbocycles. The van der Waals surface area contributed by atoms with Crippen LogP contribution in [0.15, 0.2) is 40.2 Å². The Kier molecular flexibility index (Phi) is 5.19. The number of anilines is 1. The zero-order valence-electron chi connectivity index (χ0n) is 14.2. The smallest absolute Gasteiger partial charge is 0.232 e. The number of carbonyl (C=O) groups excluding carboxylic acids is 1. The number of carbonyl (C=O) groups is 1. The fourth-order valence-electron chi connectivity index (χ4n) is 2.49. The molecule has 4 aromatic rings. The first kappa shape index (κ1) is 18.1. The molecule has 0 unspecified atom stereocenters. The monoisotopic (exact) mass is 419 g/mol.